The van der Waals surface area contributed by atoms with Crippen LogP contribution in [0.25, 0.3) is 0 Å². The predicted molar refractivity (Wildman–Crippen MR) is 140 cm³/mol. The molecule has 0 saturated heterocycles. The number of ether oxygens (including phenoxy) is 2. The molecule has 5 rings (SSSR count). The lowest BCUT2D eigenvalue weighted by molar-refractivity contribution is -0.252. The number of carboxylic acids is 1. The molecule has 1 aromatic rings. The van der Waals surface area contributed by atoms with Crippen molar-refractivity contribution in [3.05, 3.63) is 47.0 Å². The number of methoxy groups -OCH3 is 1. The van der Waals surface area contributed by atoms with Crippen LogP contribution in [0.3, 0.4) is 0 Å². The second-order valence-electron chi connectivity index (χ2n) is 12.7. The maximum Gasteiger partial charge on any atom is 0.337 e. The fourth-order valence-corrected chi connectivity index (χ4v) is 9.00. The van der Waals surface area contributed by atoms with Crippen LogP contribution in [0.15, 0.2) is 35.9 Å². The molecule has 3 saturated carbocycles. The highest BCUT2D eigenvalue weighted by molar-refractivity contribution is 5.86. The number of hydrogen-bond donors (Lipinski definition) is 2. The van der Waals surface area contributed by atoms with Gasteiger partial charge >= 0.3 is 5.97 Å². The van der Waals surface area contributed by atoms with Gasteiger partial charge in [0, 0.05) is 25.4 Å². The summed E-state index contributed by atoms with van der Waals surface area (Å²) in [5, 5.41) is 21.4. The van der Waals surface area contributed by atoms with Crippen molar-refractivity contribution >= 4 is 11.8 Å². The molecular formula is C31H42O6. The van der Waals surface area contributed by atoms with E-state index in [1.165, 1.54) is 5.57 Å². The van der Waals surface area contributed by atoms with Crippen LogP contribution in [0.1, 0.15) is 89.4 Å². The number of aryl methyl sites for hydroxylation is 1. The standard InChI is InChI=1S/C31H42O6/c1-19-6-8-21(9-7-19)26(27(33)34)37-30(35)17-16-28(3)22(18-30)10-11-23-24(28)12-14-29(4)25(23)13-15-31(29,36-5)20(2)32/h6-10,23-26,35H,11-18H2,1-5H3,(H,33,34)/t23-,24+,25+,26?,28+,29+,30-,31+/m1/s1. The Bertz CT molecular complexity index is 1110. The highest BCUT2D eigenvalue weighted by Crippen LogP contribution is 2.68. The number of hydrogen-bond acceptors (Lipinski definition) is 5. The maximum atomic E-state index is 12.8. The van der Waals surface area contributed by atoms with E-state index < -0.39 is 23.5 Å². The Kier molecular flexibility index (Phi) is 6.49. The molecule has 0 heterocycles. The van der Waals surface area contributed by atoms with E-state index in [-0.39, 0.29) is 16.6 Å². The van der Waals surface area contributed by atoms with Crippen molar-refractivity contribution < 1.29 is 29.3 Å². The summed E-state index contributed by atoms with van der Waals surface area (Å²) < 4.78 is 12.0. The van der Waals surface area contributed by atoms with Crippen molar-refractivity contribution in [3.8, 4) is 0 Å². The average Bonchev–Trinajstić information content (AvgIpc) is 3.17. The molecule has 202 valence electrons. The van der Waals surface area contributed by atoms with Crippen molar-refractivity contribution in [1.29, 1.82) is 0 Å². The second kappa shape index (κ2) is 9.03. The summed E-state index contributed by atoms with van der Waals surface area (Å²) in [7, 11) is 1.70. The molecule has 4 aliphatic rings. The molecule has 0 bridgehead atoms. The molecule has 1 aromatic carbocycles. The van der Waals surface area contributed by atoms with Gasteiger partial charge in [0.2, 0.25) is 0 Å². The molecule has 8 atom stereocenters. The minimum absolute atomic E-state index is 0.0586. The maximum absolute atomic E-state index is 12.8. The zero-order chi connectivity index (χ0) is 26.8. The summed E-state index contributed by atoms with van der Waals surface area (Å²) in [6.45, 7) is 8.24. The number of fused-ring (bicyclic) bond motifs is 5. The largest absolute Gasteiger partial charge is 0.479 e. The first-order valence-corrected chi connectivity index (χ1v) is 13.8. The second-order valence-corrected chi connectivity index (χ2v) is 12.7. The number of aliphatic carboxylic acids is 1. The quantitative estimate of drug-likeness (QED) is 0.373. The van der Waals surface area contributed by atoms with Crippen LogP contribution in [0, 0.1) is 35.5 Å². The van der Waals surface area contributed by atoms with Gasteiger partial charge in [-0.25, -0.2) is 4.79 Å². The van der Waals surface area contributed by atoms with E-state index in [2.05, 4.69) is 19.9 Å². The number of aliphatic hydroxyl groups is 1. The number of rotatable bonds is 6. The molecule has 2 N–H and O–H groups in total. The van der Waals surface area contributed by atoms with Gasteiger partial charge in [0.15, 0.2) is 17.7 Å². The van der Waals surface area contributed by atoms with Crippen LogP contribution in [-0.2, 0) is 19.1 Å². The van der Waals surface area contributed by atoms with Gasteiger partial charge < -0.3 is 19.7 Å². The van der Waals surface area contributed by atoms with Crippen molar-refractivity contribution in [3.63, 3.8) is 0 Å². The van der Waals surface area contributed by atoms with Crippen LogP contribution in [-0.4, -0.2) is 40.5 Å². The number of allylic oxidation sites excluding steroid dienone is 1. The fraction of sp³-hybridized carbons (Fsp3) is 0.677. The summed E-state index contributed by atoms with van der Waals surface area (Å²) in [5.74, 6) is -1.07. The lowest BCUT2D eigenvalue weighted by Crippen LogP contribution is -2.58. The summed E-state index contributed by atoms with van der Waals surface area (Å²) in [6, 6.07) is 7.25. The molecule has 37 heavy (non-hydrogen) atoms. The molecule has 0 spiro atoms. The number of carbonyl (C=O) groups is 2. The first kappa shape index (κ1) is 26.6. The number of carboxylic acid groups (broad SMARTS) is 1. The molecule has 0 aromatic heterocycles. The van der Waals surface area contributed by atoms with Gasteiger partial charge in [-0.1, -0.05) is 55.3 Å². The van der Waals surface area contributed by atoms with E-state index in [1.54, 1.807) is 26.2 Å². The van der Waals surface area contributed by atoms with Crippen LogP contribution < -0.4 is 0 Å². The topological polar surface area (TPSA) is 93.1 Å². The minimum Gasteiger partial charge on any atom is -0.479 e. The third-order valence-electron chi connectivity index (χ3n) is 11.1. The Morgan fingerprint density at radius 3 is 2.32 bits per heavy atom. The summed E-state index contributed by atoms with van der Waals surface area (Å²) in [5.41, 5.74) is 1.88. The van der Waals surface area contributed by atoms with Crippen LogP contribution >= 0.6 is 0 Å². The molecule has 0 radical (unpaired) electrons. The smallest absolute Gasteiger partial charge is 0.337 e. The highest BCUT2D eigenvalue weighted by atomic mass is 16.6. The Morgan fingerprint density at radius 1 is 1.03 bits per heavy atom. The van der Waals surface area contributed by atoms with Crippen molar-refractivity contribution in [2.45, 2.75) is 96.6 Å². The number of benzene rings is 1. The molecule has 0 amide bonds. The van der Waals surface area contributed by atoms with Crippen LogP contribution in [0.4, 0.5) is 0 Å². The Balaban J connectivity index is 1.39. The van der Waals surface area contributed by atoms with Gasteiger partial charge in [-0.05, 0) is 81.1 Å². The fourth-order valence-electron chi connectivity index (χ4n) is 9.00. The van der Waals surface area contributed by atoms with Crippen molar-refractivity contribution in [1.82, 2.24) is 0 Å². The van der Waals surface area contributed by atoms with Gasteiger partial charge in [0.1, 0.15) is 5.60 Å². The van der Waals surface area contributed by atoms with Gasteiger partial charge in [0.25, 0.3) is 0 Å². The molecule has 0 aliphatic heterocycles. The Morgan fingerprint density at radius 2 is 1.70 bits per heavy atom. The van der Waals surface area contributed by atoms with E-state index in [4.69, 9.17) is 9.47 Å². The van der Waals surface area contributed by atoms with Crippen LogP contribution in [0.2, 0.25) is 0 Å². The number of carbonyl (C=O) groups excluding carboxylic acids is 1. The van der Waals surface area contributed by atoms with E-state index in [0.29, 0.717) is 36.2 Å². The lowest BCUT2D eigenvalue weighted by Gasteiger charge is -2.59. The van der Waals surface area contributed by atoms with E-state index in [1.807, 2.05) is 19.1 Å². The first-order valence-electron chi connectivity index (χ1n) is 13.8. The molecule has 6 nitrogen and oxygen atoms in total. The monoisotopic (exact) mass is 510 g/mol. The van der Waals surface area contributed by atoms with Gasteiger partial charge in [0.05, 0.1) is 0 Å². The molecule has 3 fully saturated rings. The lowest BCUT2D eigenvalue weighted by atomic mass is 9.46. The predicted octanol–water partition coefficient (Wildman–Crippen LogP) is 5.76. The number of Topliss-reactive ketones (excluding diaryl/α,β-unsaturated/α-hetero) is 1. The van der Waals surface area contributed by atoms with Gasteiger partial charge in [-0.15, -0.1) is 0 Å². The zero-order valence-corrected chi connectivity index (χ0v) is 22.9. The highest BCUT2D eigenvalue weighted by Gasteiger charge is 2.66. The summed E-state index contributed by atoms with van der Waals surface area (Å²) in [6.07, 6.45) is 7.28. The molecular weight excluding hydrogens is 468 g/mol. The summed E-state index contributed by atoms with van der Waals surface area (Å²) >= 11 is 0. The average molecular weight is 511 g/mol. The number of ketones is 1. The van der Waals surface area contributed by atoms with E-state index in [9.17, 15) is 19.8 Å². The van der Waals surface area contributed by atoms with Gasteiger partial charge in [-0.2, -0.15) is 0 Å². The molecule has 4 aliphatic carbocycles. The van der Waals surface area contributed by atoms with Crippen LogP contribution in [0.5, 0.6) is 0 Å². The Hall–Kier alpha value is -2.02. The van der Waals surface area contributed by atoms with E-state index >= 15 is 0 Å². The van der Waals surface area contributed by atoms with Crippen molar-refractivity contribution in [2.24, 2.45) is 28.6 Å². The SMILES string of the molecule is CO[C@]1(C(C)=O)CC[C@H]2[C@@H]3CC=C4C[C@](O)(OC(C(=O)O)c5ccc(C)cc5)CC[C@]4(C)[C@H]3CC[C@@]21C. The third-order valence-corrected chi connectivity index (χ3v) is 11.1. The van der Waals surface area contributed by atoms with Crippen molar-refractivity contribution in [2.75, 3.05) is 7.11 Å². The Labute approximate surface area is 220 Å². The third kappa shape index (κ3) is 3.93. The molecule has 1 unspecified atom stereocenters. The summed E-state index contributed by atoms with van der Waals surface area (Å²) in [4.78, 5) is 24.9. The molecule has 6 heteroatoms. The van der Waals surface area contributed by atoms with E-state index in [0.717, 1.165) is 44.1 Å². The minimum atomic E-state index is -1.51. The first-order chi connectivity index (χ1) is 17.4. The van der Waals surface area contributed by atoms with Gasteiger partial charge in [-0.3, -0.25) is 4.79 Å². The zero-order valence-electron chi connectivity index (χ0n) is 22.9. The normalized spacial score (nSPS) is 41.7.